The maximum atomic E-state index is 12.9. The van der Waals surface area contributed by atoms with Crippen LogP contribution in [0.25, 0.3) is 5.65 Å². The Morgan fingerprint density at radius 1 is 1.13 bits per heavy atom. The van der Waals surface area contributed by atoms with E-state index in [1.54, 1.807) is 37.6 Å². The Morgan fingerprint density at radius 2 is 1.93 bits per heavy atom. The molecule has 2 unspecified atom stereocenters. The lowest BCUT2D eigenvalue weighted by molar-refractivity contribution is -0.00434. The number of amides is 1. The maximum Gasteiger partial charge on any atom is 0.262 e. The summed E-state index contributed by atoms with van der Waals surface area (Å²) in [7, 11) is 3.08. The van der Waals surface area contributed by atoms with Gasteiger partial charge in [-0.1, -0.05) is 6.07 Å². The van der Waals surface area contributed by atoms with E-state index in [-0.39, 0.29) is 5.91 Å². The average Bonchev–Trinajstić information content (AvgIpc) is 3.34. The zero-order valence-electron chi connectivity index (χ0n) is 17.0. The molecule has 0 aromatic carbocycles. The van der Waals surface area contributed by atoms with Crippen molar-refractivity contribution in [1.82, 2.24) is 14.4 Å². The summed E-state index contributed by atoms with van der Waals surface area (Å²) in [6.45, 7) is 0. The topological polar surface area (TPSA) is 87.0 Å². The van der Waals surface area contributed by atoms with Gasteiger partial charge in [0.15, 0.2) is 0 Å². The fraction of sp³-hybridized carbons (Fsp3) is 0.409. The molecule has 0 spiro atoms. The molecule has 156 valence electrons. The van der Waals surface area contributed by atoms with Crippen LogP contribution in [0.4, 0.5) is 5.82 Å². The van der Waals surface area contributed by atoms with Crippen LogP contribution in [-0.2, 0) is 4.74 Å². The highest BCUT2D eigenvalue weighted by Gasteiger charge is 2.36. The van der Waals surface area contributed by atoms with Gasteiger partial charge >= 0.3 is 0 Å². The number of pyridine rings is 2. The Labute approximate surface area is 174 Å². The van der Waals surface area contributed by atoms with Crippen molar-refractivity contribution in [2.24, 2.45) is 0 Å². The molecule has 8 heteroatoms. The maximum absolute atomic E-state index is 12.9. The van der Waals surface area contributed by atoms with Gasteiger partial charge in [-0.3, -0.25) is 4.79 Å². The van der Waals surface area contributed by atoms with Gasteiger partial charge in [-0.2, -0.15) is 4.98 Å². The number of fused-ring (bicyclic) bond motifs is 3. The minimum atomic E-state index is -0.311. The van der Waals surface area contributed by atoms with Gasteiger partial charge < -0.3 is 23.9 Å². The molecule has 3 aromatic heterocycles. The van der Waals surface area contributed by atoms with Crippen LogP contribution in [0, 0.1) is 0 Å². The van der Waals surface area contributed by atoms with Crippen LogP contribution in [0.5, 0.6) is 11.6 Å². The zero-order valence-corrected chi connectivity index (χ0v) is 17.0. The molecular weight excluding hydrogens is 384 g/mol. The lowest BCUT2D eigenvalue weighted by atomic mass is 9.93. The molecule has 5 rings (SSSR count). The molecule has 2 atom stereocenters. The molecule has 1 amide bonds. The van der Waals surface area contributed by atoms with Crippen LogP contribution in [0.2, 0.25) is 0 Å². The molecule has 2 bridgehead atoms. The highest BCUT2D eigenvalue weighted by Crippen LogP contribution is 2.40. The van der Waals surface area contributed by atoms with Crippen LogP contribution in [0.1, 0.15) is 47.7 Å². The molecule has 30 heavy (non-hydrogen) atoms. The molecule has 0 aliphatic carbocycles. The summed E-state index contributed by atoms with van der Waals surface area (Å²) in [5.74, 6) is 1.38. The Hall–Kier alpha value is -3.13. The van der Waals surface area contributed by atoms with Crippen molar-refractivity contribution in [3.63, 3.8) is 0 Å². The van der Waals surface area contributed by atoms with Gasteiger partial charge in [0.25, 0.3) is 5.91 Å². The van der Waals surface area contributed by atoms with Crippen LogP contribution in [0.15, 0.2) is 36.7 Å². The van der Waals surface area contributed by atoms with Gasteiger partial charge in [-0.15, -0.1) is 0 Å². The Morgan fingerprint density at radius 3 is 2.67 bits per heavy atom. The smallest absolute Gasteiger partial charge is 0.262 e. The molecule has 2 fully saturated rings. The quantitative estimate of drug-likeness (QED) is 0.696. The SMILES string of the molecule is COc1cccc(NC(=O)c2cn3cc(C4CC5CCC(C4)O5)nc3cc2OC)n1. The van der Waals surface area contributed by atoms with E-state index in [1.807, 2.05) is 10.6 Å². The predicted octanol–water partition coefficient (Wildman–Crippen LogP) is 3.42. The summed E-state index contributed by atoms with van der Waals surface area (Å²) < 4.78 is 18.4. The molecule has 0 radical (unpaired) electrons. The average molecular weight is 408 g/mol. The summed E-state index contributed by atoms with van der Waals surface area (Å²) in [4.78, 5) is 22.0. The van der Waals surface area contributed by atoms with E-state index in [9.17, 15) is 4.79 Å². The predicted molar refractivity (Wildman–Crippen MR) is 110 cm³/mol. The number of nitrogens with one attached hydrogen (secondary N) is 1. The molecule has 2 aliphatic rings. The number of rotatable bonds is 5. The first kappa shape index (κ1) is 18.9. The number of carbonyl (C=O) groups is 1. The third-order valence-electron chi connectivity index (χ3n) is 5.92. The van der Waals surface area contributed by atoms with Crippen LogP contribution < -0.4 is 14.8 Å². The van der Waals surface area contributed by atoms with Crippen molar-refractivity contribution in [2.45, 2.75) is 43.8 Å². The van der Waals surface area contributed by atoms with E-state index in [2.05, 4.69) is 10.3 Å². The molecular formula is C22H24N4O4. The number of hydrogen-bond acceptors (Lipinski definition) is 6. The second-order valence-corrected chi connectivity index (χ2v) is 7.83. The third kappa shape index (κ3) is 3.47. The Kier molecular flexibility index (Phi) is 4.78. The minimum Gasteiger partial charge on any atom is -0.496 e. The molecule has 3 aromatic rings. The van der Waals surface area contributed by atoms with Crippen molar-refractivity contribution in [3.05, 3.63) is 47.9 Å². The number of anilines is 1. The fourth-order valence-electron chi connectivity index (χ4n) is 4.45. The van der Waals surface area contributed by atoms with Crippen molar-refractivity contribution in [3.8, 4) is 11.6 Å². The normalized spacial score (nSPS) is 22.8. The van der Waals surface area contributed by atoms with Gasteiger partial charge in [-0.25, -0.2) is 4.98 Å². The second kappa shape index (κ2) is 7.60. The molecule has 8 nitrogen and oxygen atoms in total. The van der Waals surface area contributed by atoms with Crippen molar-refractivity contribution < 1.29 is 19.0 Å². The fourth-order valence-corrected chi connectivity index (χ4v) is 4.45. The minimum absolute atomic E-state index is 0.311. The molecule has 2 aliphatic heterocycles. The van der Waals surface area contributed by atoms with E-state index in [0.717, 1.165) is 37.0 Å². The third-order valence-corrected chi connectivity index (χ3v) is 5.92. The highest BCUT2D eigenvalue weighted by molar-refractivity contribution is 6.05. The number of aromatic nitrogens is 3. The van der Waals surface area contributed by atoms with Gasteiger partial charge in [0, 0.05) is 30.4 Å². The van der Waals surface area contributed by atoms with Gasteiger partial charge in [0.1, 0.15) is 17.2 Å². The van der Waals surface area contributed by atoms with Crippen molar-refractivity contribution in [1.29, 1.82) is 0 Å². The van der Waals surface area contributed by atoms with Crippen LogP contribution >= 0.6 is 0 Å². The van der Waals surface area contributed by atoms with Crippen LogP contribution in [0.3, 0.4) is 0 Å². The van der Waals surface area contributed by atoms with Gasteiger partial charge in [0.2, 0.25) is 5.88 Å². The van der Waals surface area contributed by atoms with E-state index in [4.69, 9.17) is 19.2 Å². The van der Waals surface area contributed by atoms with E-state index in [0.29, 0.717) is 41.1 Å². The largest absolute Gasteiger partial charge is 0.496 e. The number of imidazole rings is 1. The highest BCUT2D eigenvalue weighted by atomic mass is 16.5. The molecule has 5 heterocycles. The lowest BCUT2D eigenvalue weighted by Crippen LogP contribution is -2.23. The van der Waals surface area contributed by atoms with Gasteiger partial charge in [0.05, 0.1) is 37.7 Å². The van der Waals surface area contributed by atoms with E-state index >= 15 is 0 Å². The summed E-state index contributed by atoms with van der Waals surface area (Å²) in [5.41, 5.74) is 2.21. The van der Waals surface area contributed by atoms with Crippen molar-refractivity contribution in [2.75, 3.05) is 19.5 Å². The first-order chi connectivity index (χ1) is 14.6. The summed E-state index contributed by atoms with van der Waals surface area (Å²) in [6, 6.07) is 6.99. The molecule has 1 N–H and O–H groups in total. The number of methoxy groups -OCH3 is 2. The number of hydrogen-bond donors (Lipinski definition) is 1. The Bertz CT molecular complexity index is 1080. The van der Waals surface area contributed by atoms with Crippen LogP contribution in [-0.4, -0.2) is 46.7 Å². The lowest BCUT2D eigenvalue weighted by Gasteiger charge is -2.26. The van der Waals surface area contributed by atoms with E-state index < -0.39 is 0 Å². The first-order valence-corrected chi connectivity index (χ1v) is 10.2. The van der Waals surface area contributed by atoms with Crippen molar-refractivity contribution >= 4 is 17.4 Å². The Balaban J connectivity index is 1.43. The molecule has 2 saturated heterocycles. The number of nitrogens with zero attached hydrogens (tertiary/aromatic N) is 3. The zero-order chi connectivity index (χ0) is 20.7. The number of ether oxygens (including phenoxy) is 3. The second-order valence-electron chi connectivity index (χ2n) is 7.83. The summed E-state index contributed by atoms with van der Waals surface area (Å²) >= 11 is 0. The standard InChI is InChI=1S/C22H24N4O4/c1-28-18-10-20-23-17(13-8-14-6-7-15(9-13)30-14)12-26(20)11-16(18)22(27)25-19-4-3-5-21(24-19)29-2/h3-5,10-15H,6-9H2,1-2H3,(H,24,25,27). The first-order valence-electron chi connectivity index (χ1n) is 10.2. The monoisotopic (exact) mass is 408 g/mol. The summed E-state index contributed by atoms with van der Waals surface area (Å²) in [5, 5.41) is 2.80. The molecule has 0 saturated carbocycles. The van der Waals surface area contributed by atoms with Gasteiger partial charge in [-0.05, 0) is 31.7 Å². The summed E-state index contributed by atoms with van der Waals surface area (Å²) in [6.07, 6.45) is 8.78. The van der Waals surface area contributed by atoms with E-state index in [1.165, 1.54) is 7.11 Å². The number of carbonyl (C=O) groups excluding carboxylic acids is 1.